The maximum atomic E-state index is 4.52. The van der Waals surface area contributed by atoms with E-state index in [0.717, 1.165) is 13.1 Å². The summed E-state index contributed by atoms with van der Waals surface area (Å²) < 4.78 is 1.97. The molecule has 72 valence electrons. The zero-order valence-electron chi connectivity index (χ0n) is 8.38. The van der Waals surface area contributed by atoms with Gasteiger partial charge >= 0.3 is 0 Å². The van der Waals surface area contributed by atoms with E-state index in [1.165, 1.54) is 24.2 Å². The monoisotopic (exact) mass is 179 g/mol. The first-order valence-corrected chi connectivity index (χ1v) is 4.98. The summed E-state index contributed by atoms with van der Waals surface area (Å²) in [7, 11) is 2.01. The summed E-state index contributed by atoms with van der Waals surface area (Å²) in [6.45, 7) is 4.39. The van der Waals surface area contributed by atoms with Gasteiger partial charge in [0, 0.05) is 18.7 Å². The molecule has 0 bridgehead atoms. The van der Waals surface area contributed by atoms with Crippen LogP contribution >= 0.6 is 0 Å². The standard InChI is InChI=1S/C10H17N3/c1-8-7-10(12-13(8)2)9-3-5-11-6-4-9/h7,9,11H,3-6H2,1-2H3. The summed E-state index contributed by atoms with van der Waals surface area (Å²) in [4.78, 5) is 0. The maximum absolute atomic E-state index is 4.52. The molecule has 0 aromatic carbocycles. The quantitative estimate of drug-likeness (QED) is 0.702. The number of nitrogens with zero attached hydrogens (tertiary/aromatic N) is 2. The molecule has 1 saturated heterocycles. The Morgan fingerprint density at radius 2 is 2.15 bits per heavy atom. The van der Waals surface area contributed by atoms with Crippen LogP contribution in [0.3, 0.4) is 0 Å². The predicted molar refractivity (Wildman–Crippen MR) is 52.8 cm³/mol. The minimum Gasteiger partial charge on any atom is -0.317 e. The minimum atomic E-state index is 0.682. The third-order valence-corrected chi connectivity index (χ3v) is 2.89. The SMILES string of the molecule is Cc1cc(C2CCNCC2)nn1C. The van der Waals surface area contributed by atoms with E-state index >= 15 is 0 Å². The van der Waals surface area contributed by atoms with Crippen molar-refractivity contribution in [2.24, 2.45) is 7.05 Å². The van der Waals surface area contributed by atoms with Crippen molar-refractivity contribution in [2.75, 3.05) is 13.1 Å². The van der Waals surface area contributed by atoms with E-state index in [0.29, 0.717) is 5.92 Å². The fraction of sp³-hybridized carbons (Fsp3) is 0.700. The van der Waals surface area contributed by atoms with E-state index in [4.69, 9.17) is 0 Å². The van der Waals surface area contributed by atoms with Crippen molar-refractivity contribution in [2.45, 2.75) is 25.7 Å². The minimum absolute atomic E-state index is 0.682. The molecule has 1 fully saturated rings. The van der Waals surface area contributed by atoms with Crippen LogP contribution < -0.4 is 5.32 Å². The molecule has 1 aromatic rings. The van der Waals surface area contributed by atoms with Gasteiger partial charge in [0.05, 0.1) is 5.69 Å². The fourth-order valence-electron chi connectivity index (χ4n) is 1.91. The molecule has 1 N–H and O–H groups in total. The van der Waals surface area contributed by atoms with Gasteiger partial charge in [-0.05, 0) is 38.9 Å². The van der Waals surface area contributed by atoms with Gasteiger partial charge < -0.3 is 5.32 Å². The molecular formula is C10H17N3. The van der Waals surface area contributed by atoms with Gasteiger partial charge in [0.15, 0.2) is 0 Å². The second-order valence-electron chi connectivity index (χ2n) is 3.86. The normalized spacial score (nSPS) is 19.2. The molecule has 1 aliphatic heterocycles. The Kier molecular flexibility index (Phi) is 2.36. The van der Waals surface area contributed by atoms with E-state index in [1.807, 2.05) is 11.7 Å². The van der Waals surface area contributed by atoms with E-state index in [1.54, 1.807) is 0 Å². The first-order chi connectivity index (χ1) is 6.27. The van der Waals surface area contributed by atoms with E-state index < -0.39 is 0 Å². The third-order valence-electron chi connectivity index (χ3n) is 2.89. The molecule has 3 heteroatoms. The summed E-state index contributed by atoms with van der Waals surface area (Å²) in [6.07, 6.45) is 2.47. The predicted octanol–water partition coefficient (Wildman–Crippen LogP) is 1.20. The average Bonchev–Trinajstić information content (AvgIpc) is 2.49. The van der Waals surface area contributed by atoms with Crippen molar-refractivity contribution >= 4 is 0 Å². The van der Waals surface area contributed by atoms with Gasteiger partial charge in [-0.2, -0.15) is 5.10 Å². The number of rotatable bonds is 1. The molecule has 2 rings (SSSR count). The first kappa shape index (κ1) is 8.75. The van der Waals surface area contributed by atoms with E-state index in [2.05, 4.69) is 23.4 Å². The molecule has 13 heavy (non-hydrogen) atoms. The zero-order valence-corrected chi connectivity index (χ0v) is 8.38. The van der Waals surface area contributed by atoms with Gasteiger partial charge in [-0.1, -0.05) is 0 Å². The lowest BCUT2D eigenvalue weighted by atomic mass is 9.95. The van der Waals surface area contributed by atoms with Crippen LogP contribution in [0.15, 0.2) is 6.07 Å². The molecule has 1 aromatic heterocycles. The molecule has 0 atom stereocenters. The Morgan fingerprint density at radius 3 is 2.69 bits per heavy atom. The highest BCUT2D eigenvalue weighted by atomic mass is 15.3. The van der Waals surface area contributed by atoms with E-state index in [9.17, 15) is 0 Å². The van der Waals surface area contributed by atoms with Crippen molar-refractivity contribution in [3.8, 4) is 0 Å². The van der Waals surface area contributed by atoms with Crippen LogP contribution in [-0.2, 0) is 7.05 Å². The summed E-state index contributed by atoms with van der Waals surface area (Å²) in [6, 6.07) is 2.22. The van der Waals surface area contributed by atoms with Crippen LogP contribution in [0.25, 0.3) is 0 Å². The van der Waals surface area contributed by atoms with Crippen LogP contribution in [-0.4, -0.2) is 22.9 Å². The average molecular weight is 179 g/mol. The van der Waals surface area contributed by atoms with Crippen LogP contribution in [0.1, 0.15) is 30.1 Å². The number of aryl methyl sites for hydroxylation is 2. The van der Waals surface area contributed by atoms with Gasteiger partial charge in [0.1, 0.15) is 0 Å². The Balaban J connectivity index is 2.14. The van der Waals surface area contributed by atoms with Gasteiger partial charge in [0.2, 0.25) is 0 Å². The number of hydrogen-bond acceptors (Lipinski definition) is 2. The highest BCUT2D eigenvalue weighted by molar-refractivity contribution is 5.13. The summed E-state index contributed by atoms with van der Waals surface area (Å²) in [5, 5.41) is 7.89. The lowest BCUT2D eigenvalue weighted by Crippen LogP contribution is -2.26. The molecule has 0 unspecified atom stereocenters. The largest absolute Gasteiger partial charge is 0.317 e. The molecule has 1 aliphatic rings. The number of piperidine rings is 1. The smallest absolute Gasteiger partial charge is 0.0659 e. The Morgan fingerprint density at radius 1 is 1.46 bits per heavy atom. The fourth-order valence-corrected chi connectivity index (χ4v) is 1.91. The Bertz CT molecular complexity index is 265. The van der Waals surface area contributed by atoms with Crippen LogP contribution in [0.2, 0.25) is 0 Å². The molecule has 0 aliphatic carbocycles. The summed E-state index contributed by atoms with van der Waals surface area (Å²) >= 11 is 0. The maximum Gasteiger partial charge on any atom is 0.0659 e. The molecule has 0 radical (unpaired) electrons. The molecule has 2 heterocycles. The third kappa shape index (κ3) is 1.75. The second kappa shape index (κ2) is 3.50. The van der Waals surface area contributed by atoms with E-state index in [-0.39, 0.29) is 0 Å². The molecule has 0 amide bonds. The van der Waals surface area contributed by atoms with Crippen molar-refractivity contribution in [3.63, 3.8) is 0 Å². The van der Waals surface area contributed by atoms with Crippen molar-refractivity contribution in [1.82, 2.24) is 15.1 Å². The first-order valence-electron chi connectivity index (χ1n) is 4.98. The molecule has 3 nitrogen and oxygen atoms in total. The highest BCUT2D eigenvalue weighted by Crippen LogP contribution is 2.23. The van der Waals surface area contributed by atoms with Crippen LogP contribution in [0, 0.1) is 6.92 Å². The number of aromatic nitrogens is 2. The van der Waals surface area contributed by atoms with Crippen molar-refractivity contribution in [3.05, 3.63) is 17.5 Å². The number of hydrogen-bond donors (Lipinski definition) is 1. The van der Waals surface area contributed by atoms with Crippen LogP contribution in [0.5, 0.6) is 0 Å². The number of nitrogens with one attached hydrogen (secondary N) is 1. The molecular weight excluding hydrogens is 162 g/mol. The lowest BCUT2D eigenvalue weighted by Gasteiger charge is -2.20. The molecule has 0 spiro atoms. The van der Waals surface area contributed by atoms with Crippen molar-refractivity contribution in [1.29, 1.82) is 0 Å². The Hall–Kier alpha value is -0.830. The summed E-state index contributed by atoms with van der Waals surface area (Å²) in [5.74, 6) is 0.682. The van der Waals surface area contributed by atoms with Gasteiger partial charge in [-0.15, -0.1) is 0 Å². The van der Waals surface area contributed by atoms with Crippen LogP contribution in [0.4, 0.5) is 0 Å². The van der Waals surface area contributed by atoms with Gasteiger partial charge in [0.25, 0.3) is 0 Å². The highest BCUT2D eigenvalue weighted by Gasteiger charge is 2.17. The second-order valence-corrected chi connectivity index (χ2v) is 3.86. The zero-order chi connectivity index (χ0) is 9.26. The van der Waals surface area contributed by atoms with Crippen molar-refractivity contribution < 1.29 is 0 Å². The molecule has 0 saturated carbocycles. The van der Waals surface area contributed by atoms with Gasteiger partial charge in [-0.25, -0.2) is 0 Å². The Labute approximate surface area is 79.1 Å². The van der Waals surface area contributed by atoms with Gasteiger partial charge in [-0.3, -0.25) is 4.68 Å². The topological polar surface area (TPSA) is 29.9 Å². The summed E-state index contributed by atoms with van der Waals surface area (Å²) in [5.41, 5.74) is 2.54. The lowest BCUT2D eigenvalue weighted by molar-refractivity contribution is 0.450.